The summed E-state index contributed by atoms with van der Waals surface area (Å²) in [6.07, 6.45) is 7.73. The number of rotatable bonds is 6. The molecule has 0 radical (unpaired) electrons. The van der Waals surface area contributed by atoms with E-state index in [4.69, 9.17) is 10.5 Å². The summed E-state index contributed by atoms with van der Waals surface area (Å²) < 4.78 is 6.15. The van der Waals surface area contributed by atoms with E-state index in [1.54, 1.807) is 0 Å². The minimum absolute atomic E-state index is 0.0895. The van der Waals surface area contributed by atoms with Gasteiger partial charge >= 0.3 is 0 Å². The quantitative estimate of drug-likeness (QED) is 0.544. The van der Waals surface area contributed by atoms with E-state index in [1.807, 2.05) is 13.0 Å². The number of benzene rings is 1. The summed E-state index contributed by atoms with van der Waals surface area (Å²) in [5, 5.41) is 3.19. The van der Waals surface area contributed by atoms with Gasteiger partial charge < -0.3 is 20.8 Å². The molecule has 168 valence electrons. The summed E-state index contributed by atoms with van der Waals surface area (Å²) in [5.41, 5.74) is 11.6. The number of nitrogens with one attached hydrogen (secondary N) is 2. The summed E-state index contributed by atoms with van der Waals surface area (Å²) >= 11 is 0. The van der Waals surface area contributed by atoms with Crippen LogP contribution in [0.3, 0.4) is 0 Å². The van der Waals surface area contributed by atoms with Crippen molar-refractivity contribution >= 4 is 16.9 Å². The number of aromatic nitrogens is 3. The molecule has 3 aromatic rings. The van der Waals surface area contributed by atoms with Gasteiger partial charge in [-0.3, -0.25) is 4.79 Å². The molecule has 2 aliphatic carbocycles. The van der Waals surface area contributed by atoms with Crippen molar-refractivity contribution in [3.8, 4) is 17.0 Å². The first kappa shape index (κ1) is 20.9. The minimum atomic E-state index is -0.0895. The average molecular weight is 434 g/mol. The van der Waals surface area contributed by atoms with Gasteiger partial charge in [-0.1, -0.05) is 11.6 Å². The number of nitrogens with two attached hydrogens (primary N) is 1. The van der Waals surface area contributed by atoms with Gasteiger partial charge in [0.05, 0.1) is 17.7 Å². The van der Waals surface area contributed by atoms with E-state index < -0.39 is 0 Å². The Morgan fingerprint density at radius 3 is 2.69 bits per heavy atom. The second-order valence-corrected chi connectivity index (χ2v) is 9.41. The molecule has 0 unspecified atom stereocenters. The van der Waals surface area contributed by atoms with Crippen molar-refractivity contribution in [1.29, 1.82) is 0 Å². The third-order valence-electron chi connectivity index (χ3n) is 6.67. The largest absolute Gasteiger partial charge is 0.493 e. The van der Waals surface area contributed by atoms with Gasteiger partial charge in [0.1, 0.15) is 23.3 Å². The van der Waals surface area contributed by atoms with Gasteiger partial charge in [0.2, 0.25) is 0 Å². The number of aromatic amines is 1. The molecule has 7 nitrogen and oxygen atoms in total. The Labute approximate surface area is 188 Å². The number of ether oxygens (including phenoxy) is 1. The maximum Gasteiger partial charge on any atom is 0.255 e. The molecule has 0 spiro atoms. The highest BCUT2D eigenvalue weighted by atomic mass is 16.5. The highest BCUT2D eigenvalue weighted by molar-refractivity contribution is 6.09. The lowest BCUT2D eigenvalue weighted by Crippen LogP contribution is -2.40. The number of H-pyrrole nitrogens is 1. The van der Waals surface area contributed by atoms with Crippen LogP contribution in [-0.2, 0) is 0 Å². The third kappa shape index (κ3) is 4.21. The Bertz CT molecular complexity index is 1140. The molecule has 0 bridgehead atoms. The summed E-state index contributed by atoms with van der Waals surface area (Å²) in [6.45, 7) is 4.70. The molecule has 0 atom stereocenters. The molecule has 32 heavy (non-hydrogen) atoms. The lowest BCUT2D eigenvalue weighted by molar-refractivity contribution is 0.0927. The predicted octanol–water partition coefficient (Wildman–Crippen LogP) is 4.03. The molecule has 2 aromatic heterocycles. The number of carbonyl (C=O) groups is 1. The fourth-order valence-corrected chi connectivity index (χ4v) is 4.57. The highest BCUT2D eigenvalue weighted by Crippen LogP contribution is 2.37. The van der Waals surface area contributed by atoms with Crippen molar-refractivity contribution in [3.63, 3.8) is 0 Å². The summed E-state index contributed by atoms with van der Waals surface area (Å²) in [4.78, 5) is 25.7. The van der Waals surface area contributed by atoms with Gasteiger partial charge in [-0.25, -0.2) is 9.97 Å². The second kappa shape index (κ2) is 8.54. The van der Waals surface area contributed by atoms with Gasteiger partial charge in [0, 0.05) is 23.3 Å². The molecule has 2 heterocycles. The monoisotopic (exact) mass is 433 g/mol. The molecule has 4 N–H and O–H groups in total. The number of amides is 1. The topological polar surface area (TPSA) is 106 Å². The van der Waals surface area contributed by atoms with Gasteiger partial charge in [0.15, 0.2) is 0 Å². The molecule has 1 amide bonds. The van der Waals surface area contributed by atoms with Gasteiger partial charge in [-0.15, -0.1) is 0 Å². The highest BCUT2D eigenvalue weighted by Gasteiger charge is 2.26. The number of hydrogen-bond donors (Lipinski definition) is 3. The zero-order valence-corrected chi connectivity index (χ0v) is 18.8. The van der Waals surface area contributed by atoms with Crippen LogP contribution in [0.25, 0.3) is 22.3 Å². The van der Waals surface area contributed by atoms with Gasteiger partial charge in [0.25, 0.3) is 5.91 Å². The third-order valence-corrected chi connectivity index (χ3v) is 6.67. The van der Waals surface area contributed by atoms with Crippen LogP contribution in [-0.4, -0.2) is 39.5 Å². The van der Waals surface area contributed by atoms with Gasteiger partial charge in [-0.05, 0) is 70.4 Å². The van der Waals surface area contributed by atoms with Crippen LogP contribution in [0.1, 0.15) is 60.1 Å². The number of aryl methyl sites for hydroxylation is 2. The molecular weight excluding hydrogens is 402 g/mol. The standard InChI is InChI=1S/C25H31N5O2/c1-14-3-10-20(32-12-16-4-5-16)19(11-14)22-24-23(28-13-27-22)21(15(2)29-24)25(31)30-18-8-6-17(26)7-9-18/h3,10-11,13,16-18,29H,4-9,12,26H2,1-2H3,(H,30,31). The van der Waals surface area contributed by atoms with E-state index in [9.17, 15) is 4.79 Å². The van der Waals surface area contributed by atoms with Crippen molar-refractivity contribution in [3.05, 3.63) is 41.3 Å². The minimum Gasteiger partial charge on any atom is -0.493 e. The van der Waals surface area contributed by atoms with Gasteiger partial charge in [-0.2, -0.15) is 0 Å². The van der Waals surface area contributed by atoms with Crippen LogP contribution in [0.5, 0.6) is 5.75 Å². The lowest BCUT2D eigenvalue weighted by Gasteiger charge is -2.26. The first-order chi connectivity index (χ1) is 15.5. The molecule has 0 saturated heterocycles. The lowest BCUT2D eigenvalue weighted by atomic mass is 9.91. The average Bonchev–Trinajstić information content (AvgIpc) is 3.54. The van der Waals surface area contributed by atoms with E-state index in [1.165, 1.54) is 19.2 Å². The van der Waals surface area contributed by atoms with Crippen molar-refractivity contribution in [2.45, 2.75) is 64.5 Å². The molecule has 2 saturated carbocycles. The Kier molecular flexibility index (Phi) is 5.59. The van der Waals surface area contributed by atoms with Crippen molar-refractivity contribution in [2.75, 3.05) is 6.61 Å². The van der Waals surface area contributed by atoms with Crippen molar-refractivity contribution in [2.24, 2.45) is 11.7 Å². The molecule has 2 fully saturated rings. The number of hydrogen-bond acceptors (Lipinski definition) is 5. The van der Waals surface area contributed by atoms with E-state index in [0.29, 0.717) is 17.0 Å². The zero-order chi connectivity index (χ0) is 22.2. The fraction of sp³-hybridized carbons (Fsp3) is 0.480. The Morgan fingerprint density at radius 2 is 1.94 bits per heavy atom. The second-order valence-electron chi connectivity index (χ2n) is 9.41. The molecule has 7 heteroatoms. The van der Waals surface area contributed by atoms with Crippen LogP contribution in [0.15, 0.2) is 24.5 Å². The van der Waals surface area contributed by atoms with E-state index in [0.717, 1.165) is 66.1 Å². The van der Waals surface area contributed by atoms with Crippen LogP contribution in [0.4, 0.5) is 0 Å². The Morgan fingerprint density at radius 1 is 1.16 bits per heavy atom. The van der Waals surface area contributed by atoms with E-state index in [-0.39, 0.29) is 18.0 Å². The Hall–Kier alpha value is -2.93. The predicted molar refractivity (Wildman–Crippen MR) is 125 cm³/mol. The molecular formula is C25H31N5O2. The maximum absolute atomic E-state index is 13.2. The Balaban J connectivity index is 1.49. The normalized spacial score (nSPS) is 21.0. The number of fused-ring (bicyclic) bond motifs is 1. The maximum atomic E-state index is 13.2. The van der Waals surface area contributed by atoms with Crippen LogP contribution in [0.2, 0.25) is 0 Å². The van der Waals surface area contributed by atoms with Crippen LogP contribution in [0, 0.1) is 19.8 Å². The molecule has 1 aromatic carbocycles. The van der Waals surface area contributed by atoms with E-state index in [2.05, 4.69) is 39.3 Å². The molecule has 5 rings (SSSR count). The number of carbonyl (C=O) groups excluding carboxylic acids is 1. The zero-order valence-electron chi connectivity index (χ0n) is 18.8. The van der Waals surface area contributed by atoms with Crippen LogP contribution < -0.4 is 15.8 Å². The summed E-state index contributed by atoms with van der Waals surface area (Å²) in [7, 11) is 0. The first-order valence-corrected chi connectivity index (χ1v) is 11.6. The first-order valence-electron chi connectivity index (χ1n) is 11.6. The number of nitrogens with zero attached hydrogens (tertiary/aromatic N) is 2. The smallest absolute Gasteiger partial charge is 0.255 e. The van der Waals surface area contributed by atoms with Crippen molar-refractivity contribution < 1.29 is 9.53 Å². The molecule has 0 aliphatic heterocycles. The SMILES string of the molecule is Cc1ccc(OCC2CC2)c(-c2ncnc3c(C(=O)NC4CCC(N)CC4)c(C)[nH]c23)c1. The summed E-state index contributed by atoms with van der Waals surface area (Å²) in [5.74, 6) is 1.39. The van der Waals surface area contributed by atoms with E-state index >= 15 is 0 Å². The van der Waals surface area contributed by atoms with Crippen molar-refractivity contribution in [1.82, 2.24) is 20.3 Å². The van der Waals surface area contributed by atoms with Crippen LogP contribution >= 0.6 is 0 Å². The molecule has 2 aliphatic rings. The summed E-state index contributed by atoms with van der Waals surface area (Å²) in [6, 6.07) is 6.56. The fourth-order valence-electron chi connectivity index (χ4n) is 4.57.